The fourth-order valence-electron chi connectivity index (χ4n) is 1.38. The number of hydrogen-bond acceptors (Lipinski definition) is 3. The molecule has 0 unspecified atom stereocenters. The molecule has 0 fully saturated rings. The monoisotopic (exact) mass is 270 g/mol. The largest absolute Gasteiger partial charge is 0.480 e. The fourth-order valence-corrected chi connectivity index (χ4v) is 1.38. The molecule has 104 valence electrons. The second-order valence-electron chi connectivity index (χ2n) is 3.86. The molecular formula is C12H15FN2O4. The summed E-state index contributed by atoms with van der Waals surface area (Å²) in [6.45, 7) is -0.188. The maximum Gasteiger partial charge on any atom is 0.326 e. The van der Waals surface area contributed by atoms with Crippen LogP contribution in [0.1, 0.15) is 12.0 Å². The van der Waals surface area contributed by atoms with Crippen molar-refractivity contribution in [1.29, 1.82) is 0 Å². The molecule has 6 nitrogen and oxygen atoms in total. The third kappa shape index (κ3) is 5.35. The molecule has 1 aromatic rings. The van der Waals surface area contributed by atoms with Crippen LogP contribution < -0.4 is 10.6 Å². The van der Waals surface area contributed by atoms with Crippen molar-refractivity contribution in [2.24, 2.45) is 0 Å². The molecule has 7 heteroatoms. The number of amides is 2. The molecule has 2 amide bonds. The first-order chi connectivity index (χ1) is 9.02. The molecule has 0 aliphatic heterocycles. The Morgan fingerprint density at radius 1 is 1.26 bits per heavy atom. The maximum absolute atomic E-state index is 12.6. The van der Waals surface area contributed by atoms with Crippen LogP contribution in [-0.4, -0.2) is 34.9 Å². The standard InChI is InChI=1S/C12H15FN2O4/c13-9-3-1-8(2-4-9)7-14-12(19)15-10(5-6-16)11(17)18/h1-4,10,16H,5-7H2,(H,17,18)(H2,14,15,19)/t10-/m0/s1. The van der Waals surface area contributed by atoms with Crippen molar-refractivity contribution in [3.63, 3.8) is 0 Å². The summed E-state index contributed by atoms with van der Waals surface area (Å²) in [5, 5.41) is 22.1. The van der Waals surface area contributed by atoms with Crippen LogP contribution in [0, 0.1) is 5.82 Å². The Balaban J connectivity index is 2.42. The van der Waals surface area contributed by atoms with Gasteiger partial charge in [0.15, 0.2) is 0 Å². The first-order valence-electron chi connectivity index (χ1n) is 5.65. The van der Waals surface area contributed by atoms with E-state index in [1.807, 2.05) is 0 Å². The molecule has 0 spiro atoms. The van der Waals surface area contributed by atoms with Gasteiger partial charge in [0, 0.05) is 19.6 Å². The molecule has 0 saturated carbocycles. The summed E-state index contributed by atoms with van der Waals surface area (Å²) in [5.74, 6) is -1.59. The lowest BCUT2D eigenvalue weighted by Gasteiger charge is -2.14. The second-order valence-corrected chi connectivity index (χ2v) is 3.86. The number of benzene rings is 1. The Morgan fingerprint density at radius 2 is 1.89 bits per heavy atom. The predicted molar refractivity (Wildman–Crippen MR) is 64.9 cm³/mol. The van der Waals surface area contributed by atoms with E-state index in [2.05, 4.69) is 10.6 Å². The highest BCUT2D eigenvalue weighted by molar-refractivity contribution is 5.82. The molecule has 1 rings (SSSR count). The van der Waals surface area contributed by atoms with Crippen molar-refractivity contribution in [3.05, 3.63) is 35.6 Å². The van der Waals surface area contributed by atoms with Gasteiger partial charge < -0.3 is 20.8 Å². The summed E-state index contributed by atoms with van der Waals surface area (Å²) in [5.41, 5.74) is 0.686. The van der Waals surface area contributed by atoms with Crippen LogP contribution in [0.25, 0.3) is 0 Å². The third-order valence-electron chi connectivity index (χ3n) is 2.39. The molecule has 4 N–H and O–H groups in total. The summed E-state index contributed by atoms with van der Waals surface area (Å²) in [6.07, 6.45) is -0.0701. The van der Waals surface area contributed by atoms with Crippen molar-refractivity contribution in [2.75, 3.05) is 6.61 Å². The highest BCUT2D eigenvalue weighted by atomic mass is 19.1. The van der Waals surface area contributed by atoms with Gasteiger partial charge in [0.05, 0.1) is 0 Å². The smallest absolute Gasteiger partial charge is 0.326 e. The molecule has 0 aliphatic carbocycles. The van der Waals surface area contributed by atoms with Crippen LogP contribution in [0.2, 0.25) is 0 Å². The highest BCUT2D eigenvalue weighted by Gasteiger charge is 2.18. The molecule has 0 aliphatic rings. The lowest BCUT2D eigenvalue weighted by molar-refractivity contribution is -0.139. The average Bonchev–Trinajstić information content (AvgIpc) is 2.37. The van der Waals surface area contributed by atoms with E-state index in [1.54, 1.807) is 0 Å². The van der Waals surface area contributed by atoms with Gasteiger partial charge in [-0.05, 0) is 17.7 Å². The predicted octanol–water partition coefficient (Wildman–Crippen LogP) is 0.460. The SMILES string of the molecule is O=C(NCc1ccc(F)cc1)N[C@@H](CCO)C(=O)O. The molecule has 1 atom stereocenters. The van der Waals surface area contributed by atoms with Gasteiger partial charge in [-0.25, -0.2) is 14.0 Å². The molecule has 0 bridgehead atoms. The molecule has 1 aromatic carbocycles. The van der Waals surface area contributed by atoms with Gasteiger partial charge in [-0.3, -0.25) is 0 Å². The number of hydrogen-bond donors (Lipinski definition) is 4. The van der Waals surface area contributed by atoms with E-state index in [4.69, 9.17) is 10.2 Å². The van der Waals surface area contributed by atoms with Crippen LogP contribution in [0.5, 0.6) is 0 Å². The van der Waals surface area contributed by atoms with Gasteiger partial charge in [-0.1, -0.05) is 12.1 Å². The lowest BCUT2D eigenvalue weighted by atomic mass is 10.2. The number of halogens is 1. The minimum Gasteiger partial charge on any atom is -0.480 e. The number of carboxylic acid groups (broad SMARTS) is 1. The Morgan fingerprint density at radius 3 is 2.42 bits per heavy atom. The van der Waals surface area contributed by atoms with Crippen LogP contribution in [0.3, 0.4) is 0 Å². The number of aliphatic hydroxyl groups is 1. The van der Waals surface area contributed by atoms with Crippen LogP contribution in [0.4, 0.5) is 9.18 Å². The van der Waals surface area contributed by atoms with E-state index < -0.39 is 18.0 Å². The number of rotatable bonds is 6. The molecule has 0 saturated heterocycles. The zero-order chi connectivity index (χ0) is 14.3. The Kier molecular flexibility index (Phi) is 5.74. The number of aliphatic carboxylic acids is 1. The molecular weight excluding hydrogens is 255 g/mol. The van der Waals surface area contributed by atoms with Crippen LogP contribution in [-0.2, 0) is 11.3 Å². The quantitative estimate of drug-likeness (QED) is 0.603. The van der Waals surface area contributed by atoms with E-state index in [0.29, 0.717) is 5.56 Å². The van der Waals surface area contributed by atoms with Gasteiger partial charge in [-0.2, -0.15) is 0 Å². The van der Waals surface area contributed by atoms with Gasteiger partial charge in [0.1, 0.15) is 11.9 Å². The second kappa shape index (κ2) is 7.32. The molecule has 0 radical (unpaired) electrons. The van der Waals surface area contributed by atoms with E-state index >= 15 is 0 Å². The summed E-state index contributed by atoms with van der Waals surface area (Å²) in [4.78, 5) is 22.2. The number of carbonyl (C=O) groups is 2. The fraction of sp³-hybridized carbons (Fsp3) is 0.333. The molecule has 0 heterocycles. The van der Waals surface area contributed by atoms with Crippen molar-refractivity contribution in [3.8, 4) is 0 Å². The first kappa shape index (κ1) is 14.9. The van der Waals surface area contributed by atoms with E-state index in [1.165, 1.54) is 24.3 Å². The summed E-state index contributed by atoms with van der Waals surface area (Å²) < 4.78 is 12.6. The number of aliphatic hydroxyl groups excluding tert-OH is 1. The van der Waals surface area contributed by atoms with Crippen molar-refractivity contribution in [1.82, 2.24) is 10.6 Å². The number of carboxylic acids is 1. The van der Waals surface area contributed by atoms with Gasteiger partial charge in [-0.15, -0.1) is 0 Å². The third-order valence-corrected chi connectivity index (χ3v) is 2.39. The minimum atomic E-state index is -1.22. The van der Waals surface area contributed by atoms with Gasteiger partial charge >= 0.3 is 12.0 Å². The van der Waals surface area contributed by atoms with Crippen molar-refractivity contribution < 1.29 is 24.2 Å². The zero-order valence-electron chi connectivity index (χ0n) is 10.1. The van der Waals surface area contributed by atoms with Crippen LogP contribution >= 0.6 is 0 Å². The highest BCUT2D eigenvalue weighted by Crippen LogP contribution is 2.02. The van der Waals surface area contributed by atoms with Crippen LogP contribution in [0.15, 0.2) is 24.3 Å². The lowest BCUT2D eigenvalue weighted by Crippen LogP contribution is -2.46. The normalized spacial score (nSPS) is 11.7. The summed E-state index contributed by atoms with van der Waals surface area (Å²) in [6, 6.07) is 3.75. The molecule has 0 aromatic heterocycles. The molecule has 19 heavy (non-hydrogen) atoms. The van der Waals surface area contributed by atoms with Gasteiger partial charge in [0.2, 0.25) is 0 Å². The van der Waals surface area contributed by atoms with Crippen molar-refractivity contribution >= 4 is 12.0 Å². The number of carbonyl (C=O) groups excluding carboxylic acids is 1. The Labute approximate surface area is 109 Å². The summed E-state index contributed by atoms with van der Waals surface area (Å²) >= 11 is 0. The van der Waals surface area contributed by atoms with Crippen molar-refractivity contribution in [2.45, 2.75) is 19.0 Å². The topological polar surface area (TPSA) is 98.7 Å². The van der Waals surface area contributed by atoms with Gasteiger partial charge in [0.25, 0.3) is 0 Å². The Hall–Kier alpha value is -2.15. The summed E-state index contributed by atoms with van der Waals surface area (Å²) in [7, 11) is 0. The Bertz CT molecular complexity index is 436. The minimum absolute atomic E-state index is 0.0701. The number of urea groups is 1. The average molecular weight is 270 g/mol. The maximum atomic E-state index is 12.6. The zero-order valence-corrected chi connectivity index (χ0v) is 10.1. The first-order valence-corrected chi connectivity index (χ1v) is 5.65. The van der Waals surface area contributed by atoms with E-state index in [9.17, 15) is 14.0 Å². The number of nitrogens with one attached hydrogen (secondary N) is 2. The van der Waals surface area contributed by atoms with E-state index in [0.717, 1.165) is 0 Å². The van der Waals surface area contributed by atoms with E-state index in [-0.39, 0.29) is 25.4 Å².